The molecular weight excluding hydrogens is 244 g/mol. The highest BCUT2D eigenvalue weighted by Gasteiger charge is 2.40. The van der Waals surface area contributed by atoms with Crippen LogP contribution in [0.5, 0.6) is 0 Å². The van der Waals surface area contributed by atoms with Crippen LogP contribution >= 0.6 is 0 Å². The van der Waals surface area contributed by atoms with Crippen molar-refractivity contribution >= 4 is 11.8 Å². The van der Waals surface area contributed by atoms with E-state index in [4.69, 9.17) is 6.42 Å². The van der Waals surface area contributed by atoms with Crippen LogP contribution < -0.4 is 5.32 Å². The molecule has 0 spiro atoms. The molecule has 2 rings (SSSR count). The molecule has 0 bridgehead atoms. The van der Waals surface area contributed by atoms with Gasteiger partial charge in [0.05, 0.1) is 6.54 Å². The first kappa shape index (κ1) is 13.5. The van der Waals surface area contributed by atoms with Crippen LogP contribution in [0.15, 0.2) is 10.2 Å². The number of nitrogens with one attached hydrogen (secondary N) is 1. The third kappa shape index (κ3) is 3.53. The first-order chi connectivity index (χ1) is 9.04. The summed E-state index contributed by atoms with van der Waals surface area (Å²) in [4.78, 5) is 25.0. The van der Waals surface area contributed by atoms with Gasteiger partial charge in [-0.2, -0.15) is 10.2 Å². The number of piperazine rings is 1. The summed E-state index contributed by atoms with van der Waals surface area (Å²) >= 11 is 0. The molecule has 0 aliphatic carbocycles. The van der Waals surface area contributed by atoms with Gasteiger partial charge in [0.15, 0.2) is 5.66 Å². The molecule has 1 saturated heterocycles. The van der Waals surface area contributed by atoms with Gasteiger partial charge >= 0.3 is 0 Å². The Balaban J connectivity index is 1.78. The second kappa shape index (κ2) is 5.39. The summed E-state index contributed by atoms with van der Waals surface area (Å²) in [7, 11) is 0. The molecule has 19 heavy (non-hydrogen) atoms. The van der Waals surface area contributed by atoms with Gasteiger partial charge in [-0.1, -0.05) is 0 Å². The molecule has 0 aromatic carbocycles. The molecule has 1 unspecified atom stereocenters. The van der Waals surface area contributed by atoms with Crippen LogP contribution in [-0.2, 0) is 9.59 Å². The number of carbonyl (C=O) groups excluding carboxylic acids is 2. The second-order valence-electron chi connectivity index (χ2n) is 5.13. The average molecular weight is 262 g/mol. The fourth-order valence-electron chi connectivity index (χ4n) is 2.26. The molecule has 1 fully saturated rings. The smallest absolute Gasteiger partial charge is 0.239 e. The summed E-state index contributed by atoms with van der Waals surface area (Å²) in [6.45, 7) is 2.60. The summed E-state index contributed by atoms with van der Waals surface area (Å²) in [5.41, 5.74) is -0.425. The van der Waals surface area contributed by atoms with E-state index in [1.807, 2.05) is 6.92 Å². The summed E-state index contributed by atoms with van der Waals surface area (Å²) < 4.78 is 0. The minimum Gasteiger partial charge on any atom is -0.350 e. The maximum absolute atomic E-state index is 12.1. The Morgan fingerprint density at radius 1 is 1.58 bits per heavy atom. The minimum atomic E-state index is -0.425. The van der Waals surface area contributed by atoms with Crippen LogP contribution in [0.3, 0.4) is 0 Å². The van der Waals surface area contributed by atoms with Gasteiger partial charge in [0.2, 0.25) is 11.8 Å². The number of hydrogen-bond acceptors (Lipinski definition) is 4. The molecule has 2 heterocycles. The van der Waals surface area contributed by atoms with Gasteiger partial charge < -0.3 is 10.2 Å². The zero-order valence-corrected chi connectivity index (χ0v) is 11.1. The summed E-state index contributed by atoms with van der Waals surface area (Å²) in [5.74, 6) is 2.44. The molecule has 2 aliphatic heterocycles. The lowest BCUT2D eigenvalue weighted by Gasteiger charge is -2.31. The van der Waals surface area contributed by atoms with Gasteiger partial charge in [0.25, 0.3) is 0 Å². The molecule has 6 heteroatoms. The molecule has 0 saturated carbocycles. The molecule has 0 aromatic heterocycles. The molecule has 6 nitrogen and oxygen atoms in total. The van der Waals surface area contributed by atoms with Crippen LogP contribution in [0.1, 0.15) is 32.6 Å². The van der Waals surface area contributed by atoms with E-state index < -0.39 is 5.66 Å². The van der Waals surface area contributed by atoms with Crippen molar-refractivity contribution < 1.29 is 9.59 Å². The van der Waals surface area contributed by atoms with E-state index in [9.17, 15) is 9.59 Å². The highest BCUT2D eigenvalue weighted by Crippen LogP contribution is 2.37. The molecule has 0 aromatic rings. The Labute approximate surface area is 112 Å². The molecule has 2 aliphatic rings. The molecular formula is C13H18N4O2. The highest BCUT2D eigenvalue weighted by atomic mass is 16.2. The van der Waals surface area contributed by atoms with E-state index in [2.05, 4.69) is 21.5 Å². The lowest BCUT2D eigenvalue weighted by atomic mass is 10.0. The predicted molar refractivity (Wildman–Crippen MR) is 69.1 cm³/mol. The van der Waals surface area contributed by atoms with E-state index in [-0.39, 0.29) is 24.4 Å². The predicted octanol–water partition coefficient (Wildman–Crippen LogP) is 0.689. The van der Waals surface area contributed by atoms with E-state index >= 15 is 0 Å². The lowest BCUT2D eigenvalue weighted by Crippen LogP contribution is -2.54. The number of carbonyl (C=O) groups is 2. The van der Waals surface area contributed by atoms with Crippen LogP contribution in [0.4, 0.5) is 0 Å². The minimum absolute atomic E-state index is 0.0101. The first-order valence-corrected chi connectivity index (χ1v) is 6.49. The van der Waals surface area contributed by atoms with E-state index in [1.165, 1.54) is 0 Å². The third-order valence-electron chi connectivity index (χ3n) is 3.38. The number of nitrogens with zero attached hydrogens (tertiary/aromatic N) is 3. The fraction of sp³-hybridized carbons (Fsp3) is 0.692. The first-order valence-electron chi connectivity index (χ1n) is 6.49. The maximum Gasteiger partial charge on any atom is 0.239 e. The van der Waals surface area contributed by atoms with Gasteiger partial charge in [-0.3, -0.25) is 9.59 Å². The van der Waals surface area contributed by atoms with Crippen molar-refractivity contribution in [3.05, 3.63) is 0 Å². The maximum atomic E-state index is 12.1. The highest BCUT2D eigenvalue weighted by molar-refractivity contribution is 5.86. The van der Waals surface area contributed by atoms with E-state index in [0.717, 1.165) is 0 Å². The Bertz CT molecular complexity index is 446. The Kier molecular flexibility index (Phi) is 3.84. The van der Waals surface area contributed by atoms with Crippen LogP contribution in [-0.4, -0.2) is 41.5 Å². The van der Waals surface area contributed by atoms with Crippen molar-refractivity contribution in [1.82, 2.24) is 10.2 Å². The van der Waals surface area contributed by atoms with E-state index in [0.29, 0.717) is 32.2 Å². The van der Waals surface area contributed by atoms with Crippen molar-refractivity contribution in [3.63, 3.8) is 0 Å². The average Bonchev–Trinajstić information content (AvgIpc) is 3.13. The van der Waals surface area contributed by atoms with Crippen molar-refractivity contribution in [2.45, 2.75) is 44.3 Å². The molecule has 102 valence electrons. The molecule has 1 atom stereocenters. The standard InChI is InChI=1S/C13H18N4O2/c1-3-4-6-13(15-16-13)7-5-12(19)17-8-10(2)14-11(18)9-17/h1,10H,4-9H2,2H3,(H,14,18). The molecule has 0 radical (unpaired) electrons. The van der Waals surface area contributed by atoms with Gasteiger partial charge in [-0.25, -0.2) is 0 Å². The Hall–Kier alpha value is -1.90. The second-order valence-corrected chi connectivity index (χ2v) is 5.13. The van der Waals surface area contributed by atoms with Gasteiger partial charge in [-0.05, 0) is 6.92 Å². The Morgan fingerprint density at radius 2 is 2.32 bits per heavy atom. The number of hydrogen-bond donors (Lipinski definition) is 1. The van der Waals surface area contributed by atoms with Gasteiger partial charge in [-0.15, -0.1) is 12.3 Å². The summed E-state index contributed by atoms with van der Waals surface area (Å²) in [6.07, 6.45) is 7.47. The number of amides is 2. The lowest BCUT2D eigenvalue weighted by molar-refractivity contribution is -0.139. The largest absolute Gasteiger partial charge is 0.350 e. The van der Waals surface area contributed by atoms with Crippen LogP contribution in [0, 0.1) is 12.3 Å². The quantitative estimate of drug-likeness (QED) is 0.740. The van der Waals surface area contributed by atoms with E-state index in [1.54, 1.807) is 4.90 Å². The SMILES string of the molecule is C#CCCC1(CCC(=O)N2CC(=O)NC(C)C2)N=N1. The summed E-state index contributed by atoms with van der Waals surface area (Å²) in [6, 6.07) is 0.0101. The molecule has 2 amide bonds. The number of terminal acetylenes is 1. The van der Waals surface area contributed by atoms with Crippen molar-refractivity contribution in [2.24, 2.45) is 10.2 Å². The zero-order valence-electron chi connectivity index (χ0n) is 11.1. The Morgan fingerprint density at radius 3 is 2.89 bits per heavy atom. The van der Waals surface area contributed by atoms with Crippen molar-refractivity contribution in [3.8, 4) is 12.3 Å². The van der Waals surface area contributed by atoms with Gasteiger partial charge in [0.1, 0.15) is 0 Å². The van der Waals surface area contributed by atoms with Crippen molar-refractivity contribution in [2.75, 3.05) is 13.1 Å². The van der Waals surface area contributed by atoms with Crippen molar-refractivity contribution in [1.29, 1.82) is 0 Å². The normalized spacial score (nSPS) is 23.7. The summed E-state index contributed by atoms with van der Waals surface area (Å²) in [5, 5.41) is 10.8. The van der Waals surface area contributed by atoms with Crippen LogP contribution in [0.25, 0.3) is 0 Å². The fourth-order valence-corrected chi connectivity index (χ4v) is 2.26. The monoisotopic (exact) mass is 262 g/mol. The van der Waals surface area contributed by atoms with Gasteiger partial charge in [0, 0.05) is 38.3 Å². The topological polar surface area (TPSA) is 74.1 Å². The molecule has 1 N–H and O–H groups in total. The zero-order chi connectivity index (χ0) is 13.9. The van der Waals surface area contributed by atoms with Crippen LogP contribution in [0.2, 0.25) is 0 Å². The third-order valence-corrected chi connectivity index (χ3v) is 3.38. The number of rotatable bonds is 5.